The number of rotatable bonds is 4. The second-order valence-corrected chi connectivity index (χ2v) is 8.68. The Kier molecular flexibility index (Phi) is 6.71. The van der Waals surface area contributed by atoms with Crippen LogP contribution >= 0.6 is 11.6 Å². The van der Waals surface area contributed by atoms with Crippen molar-refractivity contribution in [2.45, 2.75) is 37.4 Å². The molecule has 11 heteroatoms. The van der Waals surface area contributed by atoms with E-state index >= 15 is 0 Å². The number of piperazine rings is 1. The number of primary amides is 1. The minimum Gasteiger partial charge on any atom is -0.352 e. The maximum Gasteiger partial charge on any atom is 0.401 e. The van der Waals surface area contributed by atoms with Crippen molar-refractivity contribution in [3.8, 4) is 0 Å². The number of nitrogens with one attached hydrogen (secondary N) is 1. The summed E-state index contributed by atoms with van der Waals surface area (Å²) >= 11 is 6.00. The average molecular weight is 465 g/mol. The van der Waals surface area contributed by atoms with E-state index in [2.05, 4.69) is 5.32 Å². The number of halogens is 5. The number of urea groups is 1. The molecule has 3 rings (SSSR count). The van der Waals surface area contributed by atoms with E-state index in [1.165, 1.54) is 28.0 Å². The van der Waals surface area contributed by atoms with Gasteiger partial charge in [0.25, 0.3) is 0 Å². The second-order valence-electron chi connectivity index (χ2n) is 8.27. The Hall–Kier alpha value is -2.07. The lowest BCUT2D eigenvalue weighted by Crippen LogP contribution is -2.69. The molecule has 0 aromatic heterocycles. The molecule has 0 spiro atoms. The third-order valence-electron chi connectivity index (χ3n) is 6.32. The first-order valence-electron chi connectivity index (χ1n) is 10.0. The van der Waals surface area contributed by atoms with Crippen LogP contribution < -0.4 is 11.1 Å². The van der Waals surface area contributed by atoms with Crippen molar-refractivity contribution in [3.05, 3.63) is 34.6 Å². The lowest BCUT2D eigenvalue weighted by Gasteiger charge is -2.51. The van der Waals surface area contributed by atoms with Gasteiger partial charge in [0, 0.05) is 19.0 Å². The van der Waals surface area contributed by atoms with E-state index < -0.39 is 41.9 Å². The van der Waals surface area contributed by atoms with Crippen LogP contribution in [-0.2, 0) is 4.79 Å². The Balaban J connectivity index is 1.99. The summed E-state index contributed by atoms with van der Waals surface area (Å²) in [6.45, 7) is 1.39. The van der Waals surface area contributed by atoms with Gasteiger partial charge in [-0.1, -0.05) is 17.7 Å². The van der Waals surface area contributed by atoms with E-state index in [9.17, 15) is 27.2 Å². The third-order valence-corrected chi connectivity index (χ3v) is 6.61. The fraction of sp³-hybridized carbons (Fsp3) is 0.600. The van der Waals surface area contributed by atoms with Gasteiger partial charge >= 0.3 is 12.2 Å². The van der Waals surface area contributed by atoms with Gasteiger partial charge in [-0.25, -0.2) is 9.18 Å². The SMILES string of the molecule is CC1([C@H](c2ccc(F)c(Cl)c2)C2CCN(CC(F)(F)F)CC2)C(=O)NCCN1C(N)=O. The lowest BCUT2D eigenvalue weighted by atomic mass is 9.67. The Morgan fingerprint density at radius 3 is 2.52 bits per heavy atom. The van der Waals surface area contributed by atoms with Crippen LogP contribution in [0.3, 0.4) is 0 Å². The van der Waals surface area contributed by atoms with Gasteiger partial charge in [0.15, 0.2) is 0 Å². The molecule has 1 aromatic rings. The standard InChI is InChI=1S/C20H25ClF4N4O2/c1-19(17(30)27-6-9-29(19)18(26)31)16(13-2-3-15(22)14(21)10-13)12-4-7-28(8-5-12)11-20(23,24)25/h2-3,10,12,16H,4-9,11H2,1H3,(H2,26,31)(H,27,30)/t16-,19?/m0/s1. The smallest absolute Gasteiger partial charge is 0.352 e. The molecule has 2 heterocycles. The number of carbonyl (C=O) groups excluding carboxylic acids is 2. The van der Waals surface area contributed by atoms with Crippen molar-refractivity contribution in [2.24, 2.45) is 11.7 Å². The number of amides is 3. The number of hydrogen-bond donors (Lipinski definition) is 2. The van der Waals surface area contributed by atoms with E-state index in [1.807, 2.05) is 0 Å². The largest absolute Gasteiger partial charge is 0.401 e. The summed E-state index contributed by atoms with van der Waals surface area (Å²) in [6.07, 6.45) is -3.56. The predicted octanol–water partition coefficient (Wildman–Crippen LogP) is 3.11. The maximum absolute atomic E-state index is 13.8. The van der Waals surface area contributed by atoms with E-state index in [-0.39, 0.29) is 37.1 Å². The number of carbonyl (C=O) groups is 2. The zero-order valence-corrected chi connectivity index (χ0v) is 17.8. The van der Waals surface area contributed by atoms with Gasteiger partial charge in [0.1, 0.15) is 11.4 Å². The van der Waals surface area contributed by atoms with Gasteiger partial charge in [-0.2, -0.15) is 13.2 Å². The van der Waals surface area contributed by atoms with Gasteiger partial charge in [-0.3, -0.25) is 9.69 Å². The number of likely N-dealkylation sites (tertiary alicyclic amines) is 1. The van der Waals surface area contributed by atoms with Gasteiger partial charge < -0.3 is 16.0 Å². The summed E-state index contributed by atoms with van der Waals surface area (Å²) in [4.78, 5) is 27.9. The topological polar surface area (TPSA) is 78.7 Å². The number of nitrogens with two attached hydrogens (primary N) is 1. The highest BCUT2D eigenvalue weighted by atomic mass is 35.5. The first kappa shape index (κ1) is 23.6. The molecule has 1 aromatic carbocycles. The molecule has 2 aliphatic rings. The Morgan fingerprint density at radius 1 is 1.32 bits per heavy atom. The summed E-state index contributed by atoms with van der Waals surface area (Å²) in [6, 6.07) is 3.32. The normalized spacial score (nSPS) is 24.7. The van der Waals surface area contributed by atoms with Crippen molar-refractivity contribution >= 4 is 23.5 Å². The molecule has 2 atom stereocenters. The van der Waals surface area contributed by atoms with Crippen molar-refractivity contribution in [1.82, 2.24) is 15.1 Å². The van der Waals surface area contributed by atoms with E-state index in [0.717, 1.165) is 0 Å². The molecule has 3 N–H and O–H groups in total. The number of piperidine rings is 1. The zero-order valence-electron chi connectivity index (χ0n) is 17.0. The van der Waals surface area contributed by atoms with Gasteiger partial charge in [-0.05, 0) is 56.5 Å². The molecule has 2 aliphatic heterocycles. The molecule has 0 radical (unpaired) electrons. The highest BCUT2D eigenvalue weighted by Gasteiger charge is 2.53. The molecule has 172 valence electrons. The highest BCUT2D eigenvalue weighted by molar-refractivity contribution is 6.30. The Bertz CT molecular complexity index is 845. The molecule has 2 saturated heterocycles. The van der Waals surface area contributed by atoms with Crippen LogP contribution in [0.15, 0.2) is 18.2 Å². The fourth-order valence-electron chi connectivity index (χ4n) is 4.92. The maximum atomic E-state index is 13.8. The van der Waals surface area contributed by atoms with Crippen LogP contribution in [0.5, 0.6) is 0 Å². The van der Waals surface area contributed by atoms with Crippen LogP contribution in [0.2, 0.25) is 5.02 Å². The number of benzene rings is 1. The van der Waals surface area contributed by atoms with E-state index in [1.54, 1.807) is 6.92 Å². The molecular weight excluding hydrogens is 440 g/mol. The average Bonchev–Trinajstić information content (AvgIpc) is 2.67. The molecule has 0 bridgehead atoms. The van der Waals surface area contributed by atoms with Crippen molar-refractivity contribution < 1.29 is 27.2 Å². The first-order chi connectivity index (χ1) is 14.4. The first-order valence-corrected chi connectivity index (χ1v) is 10.4. The Morgan fingerprint density at radius 2 is 1.97 bits per heavy atom. The summed E-state index contributed by atoms with van der Waals surface area (Å²) in [5.41, 5.74) is 4.72. The molecule has 2 fully saturated rings. The molecule has 0 saturated carbocycles. The highest BCUT2D eigenvalue weighted by Crippen LogP contribution is 2.45. The van der Waals surface area contributed by atoms with Crippen LogP contribution in [0, 0.1) is 11.7 Å². The van der Waals surface area contributed by atoms with Gasteiger partial charge in [0.05, 0.1) is 11.6 Å². The molecule has 0 aliphatic carbocycles. The minimum absolute atomic E-state index is 0.137. The quantitative estimate of drug-likeness (QED) is 0.672. The monoisotopic (exact) mass is 464 g/mol. The molecule has 3 amide bonds. The lowest BCUT2D eigenvalue weighted by molar-refractivity contribution is -0.149. The predicted molar refractivity (Wildman–Crippen MR) is 107 cm³/mol. The van der Waals surface area contributed by atoms with Crippen molar-refractivity contribution in [3.63, 3.8) is 0 Å². The molecule has 1 unspecified atom stereocenters. The molecule has 6 nitrogen and oxygen atoms in total. The fourth-order valence-corrected chi connectivity index (χ4v) is 5.11. The van der Waals surface area contributed by atoms with E-state index in [0.29, 0.717) is 18.4 Å². The minimum atomic E-state index is -4.30. The van der Waals surface area contributed by atoms with Crippen LogP contribution in [0.25, 0.3) is 0 Å². The second kappa shape index (κ2) is 8.82. The zero-order chi connectivity index (χ0) is 23.0. The van der Waals surface area contributed by atoms with Gasteiger partial charge in [-0.15, -0.1) is 0 Å². The van der Waals surface area contributed by atoms with Crippen molar-refractivity contribution in [2.75, 3.05) is 32.7 Å². The van der Waals surface area contributed by atoms with Crippen LogP contribution in [0.4, 0.5) is 22.4 Å². The summed E-state index contributed by atoms with van der Waals surface area (Å²) in [5, 5.41) is 2.62. The van der Waals surface area contributed by atoms with E-state index in [4.69, 9.17) is 17.3 Å². The van der Waals surface area contributed by atoms with Crippen LogP contribution in [0.1, 0.15) is 31.2 Å². The summed E-state index contributed by atoms with van der Waals surface area (Å²) in [5.74, 6) is -1.93. The summed E-state index contributed by atoms with van der Waals surface area (Å²) < 4.78 is 52.2. The molecular formula is C20H25ClF4N4O2. The summed E-state index contributed by atoms with van der Waals surface area (Å²) in [7, 11) is 0. The van der Waals surface area contributed by atoms with Crippen molar-refractivity contribution in [1.29, 1.82) is 0 Å². The van der Waals surface area contributed by atoms with Crippen LogP contribution in [-0.4, -0.2) is 66.2 Å². The third kappa shape index (κ3) is 4.90. The van der Waals surface area contributed by atoms with Gasteiger partial charge in [0.2, 0.25) is 5.91 Å². The Labute approximate surface area is 182 Å². The number of alkyl halides is 3. The number of hydrogen-bond acceptors (Lipinski definition) is 3. The molecule has 31 heavy (non-hydrogen) atoms. The number of nitrogens with zero attached hydrogens (tertiary/aromatic N) is 2.